The van der Waals surface area contributed by atoms with Crippen LogP contribution in [0.5, 0.6) is 5.75 Å². The molecular weight excluding hydrogens is 216 g/mol. The molecular formula is C12H10N4O. The zero-order chi connectivity index (χ0) is 11.7. The van der Waals surface area contributed by atoms with Crippen molar-refractivity contribution in [3.8, 4) is 5.75 Å². The van der Waals surface area contributed by atoms with Crippen LogP contribution in [-0.2, 0) is 0 Å². The van der Waals surface area contributed by atoms with Crippen molar-refractivity contribution in [2.24, 2.45) is 4.99 Å². The van der Waals surface area contributed by atoms with Gasteiger partial charge in [0.25, 0.3) is 0 Å². The predicted molar refractivity (Wildman–Crippen MR) is 65.3 cm³/mol. The maximum Gasteiger partial charge on any atom is 0.156 e. The number of para-hydroxylation sites is 1. The molecule has 1 aliphatic rings. The van der Waals surface area contributed by atoms with Gasteiger partial charge in [0, 0.05) is 6.20 Å². The molecule has 2 aromatic rings. The van der Waals surface area contributed by atoms with E-state index in [0.717, 1.165) is 11.4 Å². The molecule has 0 spiro atoms. The summed E-state index contributed by atoms with van der Waals surface area (Å²) in [5.74, 6) is 0.761. The van der Waals surface area contributed by atoms with Crippen LogP contribution in [0.15, 0.2) is 47.7 Å². The van der Waals surface area contributed by atoms with E-state index in [2.05, 4.69) is 20.8 Å². The first kappa shape index (κ1) is 9.65. The topological polar surface area (TPSA) is 69.5 Å². The summed E-state index contributed by atoms with van der Waals surface area (Å²) in [6, 6.07) is 8.86. The highest BCUT2D eigenvalue weighted by atomic mass is 16.3. The van der Waals surface area contributed by atoms with E-state index in [1.807, 2.05) is 12.1 Å². The number of nitrogens with zero attached hydrogens (tertiary/aromatic N) is 2. The summed E-state index contributed by atoms with van der Waals surface area (Å²) in [7, 11) is 0. The van der Waals surface area contributed by atoms with Gasteiger partial charge < -0.3 is 5.11 Å². The maximum atomic E-state index is 9.75. The van der Waals surface area contributed by atoms with Crippen molar-refractivity contribution >= 4 is 17.2 Å². The van der Waals surface area contributed by atoms with Crippen LogP contribution in [-0.4, -0.2) is 15.9 Å². The monoisotopic (exact) mass is 226 g/mol. The van der Waals surface area contributed by atoms with Crippen LogP contribution in [0.1, 0.15) is 5.56 Å². The number of phenolic OH excluding ortho intramolecular Hbond substituents is 1. The van der Waals surface area contributed by atoms with Gasteiger partial charge in [0.05, 0.1) is 17.4 Å². The van der Waals surface area contributed by atoms with Crippen molar-refractivity contribution in [1.29, 1.82) is 0 Å². The standard InChI is InChI=1S/C12H10N4O/c17-11-4-2-1-3-8(11)12-14-10-7-13-6-5-9(10)15-16-12/h1-7,15,17H,(H,14,16). The first-order valence-corrected chi connectivity index (χ1v) is 5.18. The van der Waals surface area contributed by atoms with Gasteiger partial charge in [0.2, 0.25) is 0 Å². The first-order valence-electron chi connectivity index (χ1n) is 5.18. The van der Waals surface area contributed by atoms with Gasteiger partial charge in [-0.3, -0.25) is 15.8 Å². The largest absolute Gasteiger partial charge is 0.507 e. The fraction of sp³-hybridized carbons (Fsp3) is 0. The summed E-state index contributed by atoms with van der Waals surface area (Å²) >= 11 is 0. The second-order valence-corrected chi connectivity index (χ2v) is 3.62. The van der Waals surface area contributed by atoms with Gasteiger partial charge in [0.1, 0.15) is 11.4 Å². The number of benzene rings is 1. The average Bonchev–Trinajstić information content (AvgIpc) is 2.39. The Morgan fingerprint density at radius 3 is 2.82 bits per heavy atom. The Morgan fingerprint density at radius 1 is 1.06 bits per heavy atom. The molecule has 0 radical (unpaired) electrons. The highest BCUT2D eigenvalue weighted by molar-refractivity contribution is 6.05. The zero-order valence-electron chi connectivity index (χ0n) is 8.88. The van der Waals surface area contributed by atoms with Crippen molar-refractivity contribution in [1.82, 2.24) is 10.4 Å². The molecule has 0 saturated heterocycles. The molecule has 17 heavy (non-hydrogen) atoms. The number of phenols is 1. The third-order valence-corrected chi connectivity index (χ3v) is 2.51. The Hall–Kier alpha value is -2.56. The molecule has 0 fully saturated rings. The summed E-state index contributed by atoms with van der Waals surface area (Å²) in [5, 5.41) is 9.75. The number of anilines is 1. The Morgan fingerprint density at radius 2 is 1.94 bits per heavy atom. The molecule has 5 nitrogen and oxygen atoms in total. The molecule has 1 aliphatic heterocycles. The molecule has 3 N–H and O–H groups in total. The number of aliphatic imine (C=N–C) groups is 1. The second kappa shape index (κ2) is 3.79. The van der Waals surface area contributed by atoms with Crippen LogP contribution in [0.3, 0.4) is 0 Å². The number of rotatable bonds is 1. The van der Waals surface area contributed by atoms with E-state index in [1.54, 1.807) is 30.6 Å². The number of aromatic nitrogens is 1. The number of pyridine rings is 1. The lowest BCUT2D eigenvalue weighted by Gasteiger charge is -2.19. The van der Waals surface area contributed by atoms with Crippen molar-refractivity contribution in [2.75, 3.05) is 5.43 Å². The third-order valence-electron chi connectivity index (χ3n) is 2.51. The van der Waals surface area contributed by atoms with Crippen molar-refractivity contribution in [3.05, 3.63) is 48.3 Å². The fourth-order valence-electron chi connectivity index (χ4n) is 1.66. The summed E-state index contributed by atoms with van der Waals surface area (Å²) < 4.78 is 0. The minimum atomic E-state index is 0.188. The van der Waals surface area contributed by atoms with Crippen molar-refractivity contribution < 1.29 is 5.11 Å². The van der Waals surface area contributed by atoms with Gasteiger partial charge >= 0.3 is 0 Å². The molecule has 0 aliphatic carbocycles. The number of aromatic hydroxyl groups is 1. The SMILES string of the molecule is Oc1ccccc1C1=Nc2cnccc2NN1. The number of hydrogen-bond acceptors (Lipinski definition) is 5. The van der Waals surface area contributed by atoms with E-state index < -0.39 is 0 Å². The number of fused-ring (bicyclic) bond motifs is 1. The third kappa shape index (κ3) is 1.67. The molecule has 84 valence electrons. The zero-order valence-corrected chi connectivity index (χ0v) is 8.88. The van der Waals surface area contributed by atoms with Gasteiger partial charge in [-0.2, -0.15) is 0 Å². The Kier molecular flexibility index (Phi) is 2.15. The van der Waals surface area contributed by atoms with Gasteiger partial charge in [-0.25, -0.2) is 4.99 Å². The number of nitrogens with one attached hydrogen (secondary N) is 2. The van der Waals surface area contributed by atoms with Crippen molar-refractivity contribution in [2.45, 2.75) is 0 Å². The molecule has 1 aromatic carbocycles. The quantitative estimate of drug-likeness (QED) is 0.693. The average molecular weight is 226 g/mol. The number of hydrogen-bond donors (Lipinski definition) is 3. The van der Waals surface area contributed by atoms with E-state index in [-0.39, 0.29) is 5.75 Å². The van der Waals surface area contributed by atoms with E-state index in [1.165, 1.54) is 0 Å². The van der Waals surface area contributed by atoms with Crippen LogP contribution < -0.4 is 10.9 Å². The lowest BCUT2D eigenvalue weighted by Crippen LogP contribution is -2.32. The molecule has 0 amide bonds. The summed E-state index contributed by atoms with van der Waals surface area (Å²) in [6.45, 7) is 0. The molecule has 5 heteroatoms. The van der Waals surface area contributed by atoms with E-state index in [9.17, 15) is 5.11 Å². The van der Waals surface area contributed by atoms with Gasteiger partial charge in [0.15, 0.2) is 5.84 Å². The Bertz CT molecular complexity index is 595. The second-order valence-electron chi connectivity index (χ2n) is 3.62. The van der Waals surface area contributed by atoms with Crippen LogP contribution in [0.4, 0.5) is 11.4 Å². The van der Waals surface area contributed by atoms with E-state index in [4.69, 9.17) is 0 Å². The molecule has 0 saturated carbocycles. The van der Waals surface area contributed by atoms with Crippen LogP contribution >= 0.6 is 0 Å². The fourth-order valence-corrected chi connectivity index (χ4v) is 1.66. The first-order chi connectivity index (χ1) is 8.34. The van der Waals surface area contributed by atoms with Crippen LogP contribution in [0.2, 0.25) is 0 Å². The summed E-state index contributed by atoms with van der Waals surface area (Å²) in [4.78, 5) is 8.41. The summed E-state index contributed by atoms with van der Waals surface area (Å²) in [5.41, 5.74) is 8.20. The van der Waals surface area contributed by atoms with Crippen LogP contribution in [0.25, 0.3) is 0 Å². The molecule has 1 aromatic heterocycles. The van der Waals surface area contributed by atoms with E-state index >= 15 is 0 Å². The van der Waals surface area contributed by atoms with Crippen molar-refractivity contribution in [3.63, 3.8) is 0 Å². The molecule has 2 heterocycles. The van der Waals surface area contributed by atoms with Gasteiger partial charge in [-0.05, 0) is 18.2 Å². The van der Waals surface area contributed by atoms with E-state index in [0.29, 0.717) is 11.4 Å². The smallest absolute Gasteiger partial charge is 0.156 e. The maximum absolute atomic E-state index is 9.75. The van der Waals surface area contributed by atoms with Gasteiger partial charge in [-0.15, -0.1) is 0 Å². The predicted octanol–water partition coefficient (Wildman–Crippen LogP) is 1.80. The highest BCUT2D eigenvalue weighted by Crippen LogP contribution is 2.27. The number of amidine groups is 1. The minimum absolute atomic E-state index is 0.188. The highest BCUT2D eigenvalue weighted by Gasteiger charge is 2.14. The van der Waals surface area contributed by atoms with Crippen LogP contribution in [0, 0.1) is 0 Å². The lowest BCUT2D eigenvalue weighted by molar-refractivity contribution is 0.474. The Balaban J connectivity index is 2.08. The number of hydrazine groups is 1. The normalized spacial score (nSPS) is 13.1. The summed E-state index contributed by atoms with van der Waals surface area (Å²) in [6.07, 6.45) is 3.36. The molecule has 0 unspecified atom stereocenters. The Labute approximate surface area is 97.8 Å². The van der Waals surface area contributed by atoms with Gasteiger partial charge in [-0.1, -0.05) is 12.1 Å². The molecule has 0 bridgehead atoms. The lowest BCUT2D eigenvalue weighted by atomic mass is 10.2. The molecule has 3 rings (SSSR count). The molecule has 0 atom stereocenters. The minimum Gasteiger partial charge on any atom is -0.507 e.